The second-order valence-corrected chi connectivity index (χ2v) is 11.2. The molecule has 0 radical (unpaired) electrons. The lowest BCUT2D eigenvalue weighted by molar-refractivity contribution is -0.152. The van der Waals surface area contributed by atoms with Gasteiger partial charge in [-0.25, -0.2) is 0 Å². The standard InChI is InChI=1S/C24H40N2O2/c1-14(2)18-13-20-17-9-12-26-15(3)21(28)8-11-24(26,6)19(17)7-10-23(20,5)22(18)25-16(4)27/h14-15,17-20,22H,7-13H2,1-6H3,(H,25,27)/t15?,17-,18?,19-,20+,22?,23+,24-/m1/s1. The number of fused-ring (bicyclic) bond motifs is 5. The van der Waals surface area contributed by atoms with Gasteiger partial charge in [0.15, 0.2) is 0 Å². The Kier molecular flexibility index (Phi) is 4.96. The molecule has 0 bridgehead atoms. The van der Waals surface area contributed by atoms with Crippen LogP contribution in [0.1, 0.15) is 80.1 Å². The fraction of sp³-hybridized carbons (Fsp3) is 0.917. The summed E-state index contributed by atoms with van der Waals surface area (Å²) in [5, 5.41) is 3.39. The van der Waals surface area contributed by atoms with Crippen molar-refractivity contribution in [3.63, 3.8) is 0 Å². The monoisotopic (exact) mass is 388 g/mol. The normalized spacial score (nSPS) is 48.8. The van der Waals surface area contributed by atoms with Crippen LogP contribution in [0, 0.1) is 35.0 Å². The van der Waals surface area contributed by atoms with Crippen molar-refractivity contribution in [1.82, 2.24) is 10.2 Å². The zero-order chi connectivity index (χ0) is 20.4. The van der Waals surface area contributed by atoms with Crippen molar-refractivity contribution in [2.75, 3.05) is 6.54 Å². The van der Waals surface area contributed by atoms with E-state index in [0.717, 1.165) is 25.3 Å². The van der Waals surface area contributed by atoms with Crippen LogP contribution in [0.4, 0.5) is 0 Å². The van der Waals surface area contributed by atoms with E-state index in [9.17, 15) is 9.59 Å². The zero-order valence-electron chi connectivity index (χ0n) is 18.8. The molecule has 4 rings (SSSR count). The first-order chi connectivity index (χ1) is 13.1. The Morgan fingerprint density at radius 3 is 2.54 bits per heavy atom. The molecule has 1 amide bonds. The van der Waals surface area contributed by atoms with Crippen molar-refractivity contribution < 1.29 is 9.59 Å². The van der Waals surface area contributed by atoms with Gasteiger partial charge in [-0.3, -0.25) is 14.5 Å². The highest BCUT2D eigenvalue weighted by Gasteiger charge is 2.63. The number of carbonyl (C=O) groups is 2. The summed E-state index contributed by atoms with van der Waals surface area (Å²) < 4.78 is 0. The first kappa shape index (κ1) is 20.4. The van der Waals surface area contributed by atoms with Crippen molar-refractivity contribution in [2.45, 2.75) is 97.7 Å². The minimum Gasteiger partial charge on any atom is -0.353 e. The topological polar surface area (TPSA) is 49.4 Å². The second kappa shape index (κ2) is 6.82. The van der Waals surface area contributed by atoms with Gasteiger partial charge in [0.25, 0.3) is 0 Å². The molecule has 0 aromatic carbocycles. The fourth-order valence-electron chi connectivity index (χ4n) is 8.19. The molecule has 0 spiro atoms. The molecular weight excluding hydrogens is 348 g/mol. The van der Waals surface area contributed by atoms with Crippen LogP contribution in [0.25, 0.3) is 0 Å². The first-order valence-electron chi connectivity index (χ1n) is 11.7. The van der Waals surface area contributed by atoms with E-state index in [1.54, 1.807) is 6.92 Å². The van der Waals surface area contributed by atoms with Crippen molar-refractivity contribution in [3.8, 4) is 0 Å². The Balaban J connectivity index is 1.65. The summed E-state index contributed by atoms with van der Waals surface area (Å²) in [4.78, 5) is 26.9. The number of nitrogens with zero attached hydrogens (tertiary/aromatic N) is 1. The van der Waals surface area contributed by atoms with Gasteiger partial charge in [-0.05, 0) is 87.5 Å². The summed E-state index contributed by atoms with van der Waals surface area (Å²) in [5.74, 6) is 3.86. The minimum absolute atomic E-state index is 0.0899. The van der Waals surface area contributed by atoms with Crippen molar-refractivity contribution >= 4 is 11.7 Å². The number of nitrogens with one attached hydrogen (secondary N) is 1. The highest BCUT2D eigenvalue weighted by atomic mass is 16.1. The molecule has 4 heteroatoms. The Bertz CT molecular complexity index is 661. The molecule has 3 unspecified atom stereocenters. The molecule has 2 aliphatic heterocycles. The van der Waals surface area contributed by atoms with Crippen molar-refractivity contribution in [3.05, 3.63) is 0 Å². The van der Waals surface area contributed by atoms with Gasteiger partial charge in [-0.2, -0.15) is 0 Å². The Morgan fingerprint density at radius 2 is 1.89 bits per heavy atom. The molecule has 158 valence electrons. The van der Waals surface area contributed by atoms with E-state index < -0.39 is 0 Å². The van der Waals surface area contributed by atoms with Gasteiger partial charge in [0.2, 0.25) is 5.91 Å². The molecule has 4 aliphatic rings. The Hall–Kier alpha value is -0.900. The molecular formula is C24H40N2O2. The molecule has 4 nitrogen and oxygen atoms in total. The molecule has 2 saturated heterocycles. The van der Waals surface area contributed by atoms with Crippen LogP contribution < -0.4 is 5.32 Å². The van der Waals surface area contributed by atoms with E-state index in [-0.39, 0.29) is 22.9 Å². The van der Waals surface area contributed by atoms with Gasteiger partial charge in [-0.15, -0.1) is 0 Å². The summed E-state index contributed by atoms with van der Waals surface area (Å²) in [5.41, 5.74) is 0.396. The summed E-state index contributed by atoms with van der Waals surface area (Å²) in [6.07, 6.45) is 6.71. The van der Waals surface area contributed by atoms with Gasteiger partial charge in [0, 0.05) is 24.9 Å². The van der Waals surface area contributed by atoms with Crippen LogP contribution in [-0.2, 0) is 9.59 Å². The van der Waals surface area contributed by atoms with Gasteiger partial charge >= 0.3 is 0 Å². The van der Waals surface area contributed by atoms with Crippen LogP contribution in [0.5, 0.6) is 0 Å². The SMILES string of the molecule is CC(=O)NC1C(C(C)C)C[C@H]2[C@@H]3CCN4C(C)C(=O)CC[C@]4(C)[C@@H]3CC[C@]12C. The maximum Gasteiger partial charge on any atom is 0.217 e. The third-order valence-electron chi connectivity index (χ3n) is 9.72. The highest BCUT2D eigenvalue weighted by Crippen LogP contribution is 2.63. The summed E-state index contributed by atoms with van der Waals surface area (Å²) in [7, 11) is 0. The van der Waals surface area contributed by atoms with E-state index in [2.05, 4.69) is 44.8 Å². The molecule has 1 N–H and O–H groups in total. The Labute approximate surface area is 171 Å². The van der Waals surface area contributed by atoms with Crippen LogP contribution in [0.15, 0.2) is 0 Å². The minimum atomic E-state index is 0.0899. The summed E-state index contributed by atoms with van der Waals surface area (Å²) >= 11 is 0. The van der Waals surface area contributed by atoms with Crippen LogP contribution in [0.2, 0.25) is 0 Å². The van der Waals surface area contributed by atoms with Gasteiger partial charge in [0.05, 0.1) is 6.04 Å². The van der Waals surface area contributed by atoms with Crippen LogP contribution >= 0.6 is 0 Å². The van der Waals surface area contributed by atoms with Crippen LogP contribution in [-0.4, -0.2) is 40.8 Å². The molecule has 2 saturated carbocycles. The highest BCUT2D eigenvalue weighted by molar-refractivity contribution is 5.84. The van der Waals surface area contributed by atoms with E-state index in [0.29, 0.717) is 35.5 Å². The molecule has 2 aliphatic carbocycles. The van der Waals surface area contributed by atoms with Crippen molar-refractivity contribution in [2.24, 2.45) is 35.0 Å². The molecule has 8 atom stereocenters. The third kappa shape index (κ3) is 2.80. The average molecular weight is 389 g/mol. The maximum atomic E-state index is 12.4. The number of ketones is 1. The number of hydrogen-bond acceptors (Lipinski definition) is 3. The molecule has 28 heavy (non-hydrogen) atoms. The van der Waals surface area contributed by atoms with Gasteiger partial charge < -0.3 is 5.32 Å². The lowest BCUT2D eigenvalue weighted by atomic mass is 9.52. The van der Waals surface area contributed by atoms with Crippen molar-refractivity contribution in [1.29, 1.82) is 0 Å². The summed E-state index contributed by atoms with van der Waals surface area (Å²) in [6.45, 7) is 14.5. The molecule has 2 heterocycles. The van der Waals surface area contributed by atoms with E-state index in [4.69, 9.17) is 0 Å². The number of rotatable bonds is 2. The largest absolute Gasteiger partial charge is 0.353 e. The average Bonchev–Trinajstić information content (AvgIpc) is 2.91. The van der Waals surface area contributed by atoms with E-state index in [1.807, 2.05) is 0 Å². The smallest absolute Gasteiger partial charge is 0.217 e. The Morgan fingerprint density at radius 1 is 1.18 bits per heavy atom. The zero-order valence-corrected chi connectivity index (χ0v) is 18.8. The van der Waals surface area contributed by atoms with E-state index >= 15 is 0 Å². The lowest BCUT2D eigenvalue weighted by Crippen LogP contribution is -2.67. The van der Waals surface area contributed by atoms with Gasteiger partial charge in [-0.1, -0.05) is 20.8 Å². The third-order valence-corrected chi connectivity index (χ3v) is 9.72. The number of piperidine rings is 2. The molecule has 4 fully saturated rings. The maximum absolute atomic E-state index is 12.4. The lowest BCUT2D eigenvalue weighted by Gasteiger charge is -2.62. The fourth-order valence-corrected chi connectivity index (χ4v) is 8.19. The number of Topliss-reactive ketones (excluding diaryl/α,β-unsaturated/α-hetero) is 1. The molecule has 0 aromatic rings. The quantitative estimate of drug-likeness (QED) is 0.777. The summed E-state index contributed by atoms with van der Waals surface area (Å²) in [6, 6.07) is 0.403. The van der Waals surface area contributed by atoms with Gasteiger partial charge in [0.1, 0.15) is 5.78 Å². The van der Waals surface area contributed by atoms with Crippen LogP contribution in [0.3, 0.4) is 0 Å². The number of hydrogen-bond donors (Lipinski definition) is 1. The first-order valence-corrected chi connectivity index (χ1v) is 11.7. The predicted molar refractivity (Wildman–Crippen MR) is 112 cm³/mol. The number of carbonyl (C=O) groups excluding carboxylic acids is 2. The predicted octanol–water partition coefficient (Wildman–Crippen LogP) is 4.03. The molecule has 0 aromatic heterocycles. The second-order valence-electron chi connectivity index (χ2n) is 11.2. The number of amides is 1. The van der Waals surface area contributed by atoms with E-state index in [1.165, 1.54) is 25.7 Å².